The Morgan fingerprint density at radius 3 is 0.838 bits per heavy atom. The van der Waals surface area contributed by atoms with Crippen LogP contribution in [-0.2, 0) is 28.4 Å². The van der Waals surface area contributed by atoms with Gasteiger partial charge in [-0.2, -0.15) is 0 Å². The third-order valence-electron chi connectivity index (χ3n) is 3.18. The summed E-state index contributed by atoms with van der Waals surface area (Å²) >= 11 is 0. The maximum Gasteiger partial charge on any atom is 0.152 e. The van der Waals surface area contributed by atoms with E-state index in [1.807, 2.05) is 41.5 Å². The molecule has 0 spiro atoms. The van der Waals surface area contributed by atoms with Crippen LogP contribution in [0.25, 0.3) is 0 Å². The molecule has 0 aromatic heterocycles. The highest BCUT2D eigenvalue weighted by Crippen LogP contribution is 2.11. The van der Waals surface area contributed by atoms with Gasteiger partial charge < -0.3 is 28.4 Å². The Labute approximate surface area is 242 Å². The van der Waals surface area contributed by atoms with Crippen molar-refractivity contribution in [3.63, 3.8) is 0 Å². The zero-order chi connectivity index (χ0) is 23.9. The van der Waals surface area contributed by atoms with E-state index in [4.69, 9.17) is 28.4 Å². The quantitative estimate of drug-likeness (QED) is 0.137. The molecule has 0 N–H and O–H groups in total. The molecule has 7 heteroatoms. The molecule has 239 valence electrons. The van der Waals surface area contributed by atoms with Gasteiger partial charge in [-0.3, -0.25) is 0 Å². The van der Waals surface area contributed by atoms with Crippen LogP contribution in [0.3, 0.4) is 0 Å². The minimum atomic E-state index is -0.179. The topological polar surface area (TPSA) is 55.4 Å². The average Bonchev–Trinajstić information content (AvgIpc) is 2.49. The second-order valence-electron chi connectivity index (χ2n) is 11.3. The van der Waals surface area contributed by atoms with Gasteiger partial charge >= 0.3 is 0 Å². The Hall–Kier alpha value is -0.175. The van der Waals surface area contributed by atoms with E-state index in [-0.39, 0.29) is 98.6 Å². The highest BCUT2D eigenvalue weighted by atomic mass is 16.8. The molecular formula is C30H80BO6. The fourth-order valence-electron chi connectivity index (χ4n) is 1.70. The van der Waals surface area contributed by atoms with E-state index in [0.29, 0.717) is 0 Å². The van der Waals surface area contributed by atoms with Crippen molar-refractivity contribution >= 4 is 8.41 Å². The predicted octanol–water partition coefficient (Wildman–Crippen LogP) is 10.2. The predicted molar refractivity (Wildman–Crippen MR) is 174 cm³/mol. The monoisotopic (exact) mass is 550 g/mol. The van der Waals surface area contributed by atoms with Crippen molar-refractivity contribution in [1.29, 1.82) is 0 Å². The van der Waals surface area contributed by atoms with Crippen molar-refractivity contribution in [3.05, 3.63) is 0 Å². The Balaban J connectivity index is -0.0000000363. The summed E-state index contributed by atoms with van der Waals surface area (Å²) in [5.41, 5.74) is -0.354. The number of hydrogen-bond acceptors (Lipinski definition) is 6. The lowest BCUT2D eigenvalue weighted by molar-refractivity contribution is -0.206. The normalized spacial score (nSPS) is 10.7. The summed E-state index contributed by atoms with van der Waals surface area (Å²) in [6.45, 7) is 26.8. The molecule has 0 atom stereocenters. The van der Waals surface area contributed by atoms with Gasteiger partial charge in [0.15, 0.2) is 6.79 Å². The Bertz CT molecular complexity index is 328. The van der Waals surface area contributed by atoms with Gasteiger partial charge in [0, 0.05) is 24.5 Å². The van der Waals surface area contributed by atoms with Crippen molar-refractivity contribution in [2.45, 2.75) is 169 Å². The van der Waals surface area contributed by atoms with Gasteiger partial charge in [-0.1, -0.05) is 44.6 Å². The van der Waals surface area contributed by atoms with Gasteiger partial charge in [-0.15, -0.1) is 0 Å². The van der Waals surface area contributed by atoms with Gasteiger partial charge in [-0.05, 0) is 102 Å². The maximum absolute atomic E-state index is 5.64. The average molecular weight is 550 g/mol. The number of hydrogen-bond donors (Lipinski definition) is 0. The first-order valence-electron chi connectivity index (χ1n) is 11.1. The summed E-state index contributed by atoms with van der Waals surface area (Å²) in [7, 11) is 0. The minimum Gasteiger partial charge on any atom is -0.376 e. The van der Waals surface area contributed by atoms with Crippen LogP contribution in [0.2, 0.25) is 0 Å². The van der Waals surface area contributed by atoms with E-state index in [9.17, 15) is 0 Å². The molecule has 0 bridgehead atoms. The van der Waals surface area contributed by atoms with E-state index in [2.05, 4.69) is 41.5 Å². The molecule has 0 unspecified atom stereocenters. The fraction of sp³-hybridized carbons (Fsp3) is 1.00. The lowest BCUT2D eigenvalue weighted by Crippen LogP contribution is -2.23. The largest absolute Gasteiger partial charge is 0.376 e. The Morgan fingerprint density at radius 2 is 0.622 bits per heavy atom. The molecule has 0 amide bonds. The summed E-state index contributed by atoms with van der Waals surface area (Å²) < 4.78 is 32.1. The fourth-order valence-corrected chi connectivity index (χ4v) is 1.70. The molecule has 0 saturated heterocycles. The van der Waals surface area contributed by atoms with Crippen LogP contribution in [0.4, 0.5) is 0 Å². The first-order valence-corrected chi connectivity index (χ1v) is 11.1. The smallest absolute Gasteiger partial charge is 0.152 e. The summed E-state index contributed by atoms with van der Waals surface area (Å²) in [4.78, 5) is 0. The highest BCUT2D eigenvalue weighted by Gasteiger charge is 2.11. The molecule has 37 heavy (non-hydrogen) atoms. The molecule has 0 aromatic rings. The van der Waals surface area contributed by atoms with Crippen LogP contribution in [0.5, 0.6) is 0 Å². The van der Waals surface area contributed by atoms with Crippen molar-refractivity contribution in [2.24, 2.45) is 0 Å². The lowest BCUT2D eigenvalue weighted by Gasteiger charge is -2.20. The SMILES string of the molecule is C.C.C.C.C.C.CC(C)(C)OCCCCCOC(C)(C)C.CC(C)(C)OCOCOCOC(C)(C)C.[2HH].[2HH].[B]. The second kappa shape index (κ2) is 30.4. The molecule has 0 aliphatic heterocycles. The number of rotatable bonds is 12. The van der Waals surface area contributed by atoms with Gasteiger partial charge in [0.2, 0.25) is 0 Å². The van der Waals surface area contributed by atoms with Gasteiger partial charge in [0.25, 0.3) is 0 Å². The third-order valence-corrected chi connectivity index (χ3v) is 3.18. The first kappa shape index (κ1) is 61.0. The molecule has 6 nitrogen and oxygen atoms in total. The van der Waals surface area contributed by atoms with Crippen LogP contribution in [0.15, 0.2) is 0 Å². The maximum atomic E-state index is 5.64. The van der Waals surface area contributed by atoms with E-state index in [1.165, 1.54) is 6.42 Å². The first-order chi connectivity index (χ1) is 13.4. The second-order valence-corrected chi connectivity index (χ2v) is 11.3. The highest BCUT2D eigenvalue weighted by molar-refractivity contribution is 5.75. The summed E-state index contributed by atoms with van der Waals surface area (Å²) in [6.07, 6.45) is 3.45. The summed E-state index contributed by atoms with van der Waals surface area (Å²) in [5.74, 6) is 0. The van der Waals surface area contributed by atoms with Gasteiger partial charge in [0.1, 0.15) is 13.6 Å². The molecule has 0 fully saturated rings. The van der Waals surface area contributed by atoms with Crippen LogP contribution >= 0.6 is 0 Å². The molecule has 3 radical (unpaired) electrons. The Kier molecular flexibility index (Phi) is 50.1. The zero-order valence-electron chi connectivity index (χ0n) is 22.7. The number of ether oxygens (including phenoxy) is 6. The van der Waals surface area contributed by atoms with Crippen LogP contribution in [0, 0.1) is 0 Å². The van der Waals surface area contributed by atoms with E-state index < -0.39 is 0 Å². The van der Waals surface area contributed by atoms with E-state index in [1.54, 1.807) is 0 Å². The molecular weight excluding hydrogens is 467 g/mol. The molecule has 0 saturated carbocycles. The molecule has 0 aliphatic rings. The van der Waals surface area contributed by atoms with Crippen molar-refractivity contribution < 1.29 is 31.3 Å². The lowest BCUT2D eigenvalue weighted by atomic mass is 10.2. The summed E-state index contributed by atoms with van der Waals surface area (Å²) in [6, 6.07) is 0. The molecule has 0 aromatic carbocycles. The van der Waals surface area contributed by atoms with E-state index in [0.717, 1.165) is 26.1 Å². The number of unbranched alkanes of at least 4 members (excludes halogenated alkanes) is 2. The van der Waals surface area contributed by atoms with Crippen LogP contribution < -0.4 is 0 Å². The summed E-state index contributed by atoms with van der Waals surface area (Å²) in [5, 5.41) is 0. The van der Waals surface area contributed by atoms with Crippen molar-refractivity contribution in [3.8, 4) is 0 Å². The molecule has 0 heterocycles. The van der Waals surface area contributed by atoms with Crippen LogP contribution in [-0.4, -0.2) is 64.4 Å². The molecule has 0 rings (SSSR count). The van der Waals surface area contributed by atoms with Gasteiger partial charge in [-0.25, -0.2) is 0 Å². The standard InChI is InChI=1S/C13H28O2.C11H24O4.6CH4.B.2H2/c1-12(2,3)14-10-8-7-9-11-15-13(4,5)6;1-10(2,3)14-8-12-7-13-9-15-11(4,5)6;;;;;;;;;/h7-11H2,1-6H3;7-9H2,1-6H3;6*1H4;;2*1H/i;;;;;;;;;2*1+1. The van der Waals surface area contributed by atoms with Crippen LogP contribution in [0.1, 0.15) is 150 Å². The third kappa shape index (κ3) is 72.2. The zero-order valence-corrected chi connectivity index (χ0v) is 22.7. The van der Waals surface area contributed by atoms with Crippen molar-refractivity contribution in [2.75, 3.05) is 33.6 Å². The van der Waals surface area contributed by atoms with Gasteiger partial charge in [0.05, 0.1) is 22.4 Å². The minimum absolute atomic E-state index is 0. The van der Waals surface area contributed by atoms with Crippen molar-refractivity contribution in [1.82, 2.24) is 0 Å². The van der Waals surface area contributed by atoms with E-state index >= 15 is 0 Å². The molecule has 0 aliphatic carbocycles. The Morgan fingerprint density at radius 1 is 0.378 bits per heavy atom.